The maximum atomic E-state index is 12.3. The highest BCUT2D eigenvalue weighted by molar-refractivity contribution is 5.85. The van der Waals surface area contributed by atoms with Crippen LogP contribution in [0.4, 0.5) is 0 Å². The molecule has 0 radical (unpaired) electrons. The molecule has 4 heteroatoms. The molecule has 2 atom stereocenters. The second-order valence-electron chi connectivity index (χ2n) is 5.55. The van der Waals surface area contributed by atoms with Gasteiger partial charge in [-0.3, -0.25) is 4.79 Å². The molecular formula is C13H25ClN2O. The quantitative estimate of drug-likeness (QED) is 0.784. The molecule has 2 fully saturated rings. The third kappa shape index (κ3) is 3.85. The smallest absolute Gasteiger partial charge is 0.225 e. The summed E-state index contributed by atoms with van der Waals surface area (Å²) in [5.41, 5.74) is 0. The number of piperazine rings is 1. The van der Waals surface area contributed by atoms with Crippen LogP contribution >= 0.6 is 12.4 Å². The molecule has 0 spiro atoms. The predicted molar refractivity (Wildman–Crippen MR) is 72.5 cm³/mol. The van der Waals surface area contributed by atoms with Gasteiger partial charge in [0.05, 0.1) is 0 Å². The fraction of sp³-hybridized carbons (Fsp3) is 0.923. The Kier molecular flexibility index (Phi) is 5.74. The van der Waals surface area contributed by atoms with Gasteiger partial charge in [-0.1, -0.05) is 19.3 Å². The van der Waals surface area contributed by atoms with Crippen LogP contribution in [0.5, 0.6) is 0 Å². The Morgan fingerprint density at radius 1 is 1.06 bits per heavy atom. The SMILES string of the molecule is CC1CN(C(=O)C2CCCCC2)CC(C)N1.Cl. The molecule has 0 aromatic carbocycles. The van der Waals surface area contributed by atoms with Crippen molar-refractivity contribution in [3.8, 4) is 0 Å². The number of hydrogen-bond donors (Lipinski definition) is 1. The first-order valence-corrected chi connectivity index (χ1v) is 6.71. The third-order valence-corrected chi connectivity index (χ3v) is 3.82. The van der Waals surface area contributed by atoms with Crippen LogP contribution in [0.1, 0.15) is 46.0 Å². The zero-order valence-electron chi connectivity index (χ0n) is 10.9. The normalized spacial score (nSPS) is 30.8. The standard InChI is InChI=1S/C13H24N2O.ClH/c1-10-8-15(9-11(2)14-10)13(16)12-6-4-3-5-7-12;/h10-12,14H,3-9H2,1-2H3;1H. The number of halogens is 1. The number of nitrogens with one attached hydrogen (secondary N) is 1. The Balaban J connectivity index is 0.00000144. The summed E-state index contributed by atoms with van der Waals surface area (Å²) in [5.74, 6) is 0.742. The largest absolute Gasteiger partial charge is 0.339 e. The highest BCUT2D eigenvalue weighted by Crippen LogP contribution is 2.26. The minimum Gasteiger partial charge on any atom is -0.339 e. The number of carbonyl (C=O) groups is 1. The molecule has 1 N–H and O–H groups in total. The van der Waals surface area contributed by atoms with E-state index >= 15 is 0 Å². The van der Waals surface area contributed by atoms with E-state index < -0.39 is 0 Å². The Morgan fingerprint density at radius 3 is 2.12 bits per heavy atom. The van der Waals surface area contributed by atoms with Crippen LogP contribution in [-0.4, -0.2) is 36.0 Å². The molecule has 1 saturated heterocycles. The maximum Gasteiger partial charge on any atom is 0.225 e. The molecule has 2 aliphatic rings. The van der Waals surface area contributed by atoms with Crippen LogP contribution in [0.3, 0.4) is 0 Å². The first-order valence-electron chi connectivity index (χ1n) is 6.71. The molecule has 2 unspecified atom stereocenters. The predicted octanol–water partition coefficient (Wildman–Crippen LogP) is 2.20. The highest BCUT2D eigenvalue weighted by Gasteiger charge is 2.30. The van der Waals surface area contributed by atoms with Crippen molar-refractivity contribution in [2.24, 2.45) is 5.92 Å². The number of amides is 1. The Morgan fingerprint density at radius 2 is 1.59 bits per heavy atom. The summed E-state index contributed by atoms with van der Waals surface area (Å²) in [6.07, 6.45) is 6.04. The lowest BCUT2D eigenvalue weighted by molar-refractivity contribution is -0.138. The van der Waals surface area contributed by atoms with E-state index in [0.717, 1.165) is 25.9 Å². The molecule has 0 aromatic heterocycles. The van der Waals surface area contributed by atoms with E-state index in [9.17, 15) is 4.79 Å². The molecule has 0 bridgehead atoms. The van der Waals surface area contributed by atoms with Crippen molar-refractivity contribution in [1.82, 2.24) is 10.2 Å². The molecule has 3 nitrogen and oxygen atoms in total. The summed E-state index contributed by atoms with van der Waals surface area (Å²) in [4.78, 5) is 14.4. The molecule has 2 rings (SSSR count). The summed E-state index contributed by atoms with van der Waals surface area (Å²) in [6.45, 7) is 6.10. The lowest BCUT2D eigenvalue weighted by Crippen LogP contribution is -2.57. The Bertz CT molecular complexity index is 244. The van der Waals surface area contributed by atoms with Crippen LogP contribution in [-0.2, 0) is 4.79 Å². The number of carbonyl (C=O) groups excluding carboxylic acids is 1. The number of hydrogen-bond acceptors (Lipinski definition) is 2. The van der Waals surface area contributed by atoms with Gasteiger partial charge in [0.2, 0.25) is 5.91 Å². The first kappa shape index (κ1) is 14.8. The molecule has 1 aliphatic heterocycles. The van der Waals surface area contributed by atoms with Gasteiger partial charge in [0.15, 0.2) is 0 Å². The maximum absolute atomic E-state index is 12.3. The Hall–Kier alpha value is -0.280. The van der Waals surface area contributed by atoms with Crippen LogP contribution in [0.2, 0.25) is 0 Å². The lowest BCUT2D eigenvalue weighted by Gasteiger charge is -2.38. The van der Waals surface area contributed by atoms with E-state index in [4.69, 9.17) is 0 Å². The van der Waals surface area contributed by atoms with Crippen LogP contribution in [0, 0.1) is 5.92 Å². The zero-order valence-corrected chi connectivity index (χ0v) is 11.8. The van der Waals surface area contributed by atoms with E-state index in [1.54, 1.807) is 0 Å². The topological polar surface area (TPSA) is 32.3 Å². The second kappa shape index (κ2) is 6.60. The Labute approximate surface area is 111 Å². The van der Waals surface area contributed by atoms with E-state index in [-0.39, 0.29) is 12.4 Å². The van der Waals surface area contributed by atoms with Gasteiger partial charge in [0, 0.05) is 31.1 Å². The zero-order chi connectivity index (χ0) is 11.5. The molecule has 17 heavy (non-hydrogen) atoms. The van der Waals surface area contributed by atoms with Gasteiger partial charge in [-0.2, -0.15) is 0 Å². The molecule has 0 aromatic rings. The molecule has 1 heterocycles. The van der Waals surface area contributed by atoms with Gasteiger partial charge in [-0.05, 0) is 26.7 Å². The molecule has 1 aliphatic carbocycles. The van der Waals surface area contributed by atoms with Crippen molar-refractivity contribution < 1.29 is 4.79 Å². The first-order chi connectivity index (χ1) is 7.66. The van der Waals surface area contributed by atoms with Gasteiger partial charge in [0.1, 0.15) is 0 Å². The van der Waals surface area contributed by atoms with Gasteiger partial charge >= 0.3 is 0 Å². The van der Waals surface area contributed by atoms with E-state index in [2.05, 4.69) is 24.1 Å². The monoisotopic (exact) mass is 260 g/mol. The summed E-state index contributed by atoms with van der Waals surface area (Å²) in [5, 5.41) is 3.47. The number of rotatable bonds is 1. The fourth-order valence-electron chi connectivity index (χ4n) is 3.11. The third-order valence-electron chi connectivity index (χ3n) is 3.82. The van der Waals surface area contributed by atoms with Crippen molar-refractivity contribution >= 4 is 18.3 Å². The van der Waals surface area contributed by atoms with Crippen molar-refractivity contribution in [3.63, 3.8) is 0 Å². The van der Waals surface area contributed by atoms with Gasteiger partial charge in [-0.25, -0.2) is 0 Å². The summed E-state index contributed by atoms with van der Waals surface area (Å²) in [7, 11) is 0. The minimum atomic E-state index is 0. The van der Waals surface area contributed by atoms with Crippen LogP contribution < -0.4 is 5.32 Å². The van der Waals surface area contributed by atoms with Crippen molar-refractivity contribution in [2.75, 3.05) is 13.1 Å². The van der Waals surface area contributed by atoms with E-state index in [1.807, 2.05) is 0 Å². The van der Waals surface area contributed by atoms with Crippen molar-refractivity contribution in [2.45, 2.75) is 58.0 Å². The fourth-order valence-corrected chi connectivity index (χ4v) is 3.11. The summed E-state index contributed by atoms with van der Waals surface area (Å²) in [6, 6.07) is 0.882. The van der Waals surface area contributed by atoms with Gasteiger partial charge in [0.25, 0.3) is 0 Å². The van der Waals surface area contributed by atoms with Gasteiger partial charge in [-0.15, -0.1) is 12.4 Å². The average Bonchev–Trinajstić information content (AvgIpc) is 2.28. The second-order valence-corrected chi connectivity index (χ2v) is 5.55. The molecule has 1 amide bonds. The summed E-state index contributed by atoms with van der Waals surface area (Å²) < 4.78 is 0. The van der Waals surface area contributed by atoms with Crippen molar-refractivity contribution in [1.29, 1.82) is 0 Å². The molecule has 100 valence electrons. The molecular weight excluding hydrogens is 236 g/mol. The highest BCUT2D eigenvalue weighted by atomic mass is 35.5. The average molecular weight is 261 g/mol. The summed E-state index contributed by atoms with van der Waals surface area (Å²) >= 11 is 0. The lowest BCUT2D eigenvalue weighted by atomic mass is 9.88. The van der Waals surface area contributed by atoms with Gasteiger partial charge < -0.3 is 10.2 Å². The minimum absolute atomic E-state index is 0. The van der Waals surface area contributed by atoms with E-state index in [1.165, 1.54) is 19.3 Å². The van der Waals surface area contributed by atoms with E-state index in [0.29, 0.717) is 23.9 Å². The van der Waals surface area contributed by atoms with Crippen molar-refractivity contribution in [3.05, 3.63) is 0 Å². The van der Waals surface area contributed by atoms with Crippen LogP contribution in [0.25, 0.3) is 0 Å². The van der Waals surface area contributed by atoms with Crippen LogP contribution in [0.15, 0.2) is 0 Å². The number of nitrogens with zero attached hydrogens (tertiary/aromatic N) is 1. The molecule has 1 saturated carbocycles.